The predicted octanol–water partition coefficient (Wildman–Crippen LogP) is 1.63. The van der Waals surface area contributed by atoms with Gasteiger partial charge >= 0.3 is 5.97 Å². The number of amides is 1. The van der Waals surface area contributed by atoms with Crippen LogP contribution in [-0.4, -0.2) is 55.7 Å². The fourth-order valence-corrected chi connectivity index (χ4v) is 2.72. The molecule has 114 valence electrons. The van der Waals surface area contributed by atoms with Gasteiger partial charge < -0.3 is 9.22 Å². The number of esters is 1. The Morgan fingerprint density at radius 2 is 1.95 bits per heavy atom. The van der Waals surface area contributed by atoms with E-state index in [1.165, 1.54) is 7.11 Å². The summed E-state index contributed by atoms with van der Waals surface area (Å²) >= 11 is 0. The van der Waals surface area contributed by atoms with Gasteiger partial charge in [-0.2, -0.15) is 0 Å². The maximum absolute atomic E-state index is 11.7. The van der Waals surface area contributed by atoms with Gasteiger partial charge in [-0.1, -0.05) is 12.1 Å². The molecule has 1 heterocycles. The number of rotatable bonds is 5. The average molecular weight is 291 g/mol. The molecule has 2 rings (SSSR count). The summed E-state index contributed by atoms with van der Waals surface area (Å²) in [7, 11) is 5.60. The van der Waals surface area contributed by atoms with Gasteiger partial charge in [0.2, 0.25) is 5.91 Å². The first-order chi connectivity index (χ1) is 9.91. The molecule has 0 bridgehead atoms. The smallest absolute Gasteiger partial charge is 0.337 e. The summed E-state index contributed by atoms with van der Waals surface area (Å²) in [5.41, 5.74) is 1.69. The van der Waals surface area contributed by atoms with E-state index >= 15 is 0 Å². The van der Waals surface area contributed by atoms with Crippen molar-refractivity contribution in [1.82, 2.24) is 4.90 Å². The van der Waals surface area contributed by atoms with Crippen molar-refractivity contribution in [3.8, 4) is 0 Å². The van der Waals surface area contributed by atoms with E-state index < -0.39 is 0 Å². The number of carbonyl (C=O) groups is 2. The van der Waals surface area contributed by atoms with E-state index in [-0.39, 0.29) is 11.9 Å². The van der Waals surface area contributed by atoms with Crippen molar-refractivity contribution in [2.45, 2.75) is 19.4 Å². The third-order valence-electron chi connectivity index (χ3n) is 3.71. The lowest BCUT2D eigenvalue weighted by Crippen LogP contribution is -2.48. The summed E-state index contributed by atoms with van der Waals surface area (Å²) in [6, 6.07) is 7.44. The van der Waals surface area contributed by atoms with Crippen LogP contribution in [0.1, 0.15) is 28.8 Å². The highest BCUT2D eigenvalue weighted by atomic mass is 16.5. The molecule has 1 aliphatic heterocycles. The second-order valence-electron chi connectivity index (χ2n) is 6.18. The molecule has 5 nitrogen and oxygen atoms in total. The standard InChI is InChI=1S/C16H23N2O3/c1-18(2,12-17-10-4-5-15(17)19)11-13-6-8-14(9-7-13)16(20)21-3/h6-9H,4-5,10-12H2,1-3H3/q+1. The van der Waals surface area contributed by atoms with E-state index in [2.05, 4.69) is 14.1 Å². The van der Waals surface area contributed by atoms with Crippen molar-refractivity contribution >= 4 is 11.9 Å². The van der Waals surface area contributed by atoms with Crippen LogP contribution >= 0.6 is 0 Å². The SMILES string of the molecule is COC(=O)c1ccc(C[N+](C)(C)CN2CCCC2=O)cc1. The second-order valence-corrected chi connectivity index (χ2v) is 6.18. The van der Waals surface area contributed by atoms with Crippen LogP contribution in [0.5, 0.6) is 0 Å². The van der Waals surface area contributed by atoms with Crippen LogP contribution in [0.25, 0.3) is 0 Å². The fraction of sp³-hybridized carbons (Fsp3) is 0.500. The minimum absolute atomic E-state index is 0.252. The summed E-state index contributed by atoms with van der Waals surface area (Å²) in [6.45, 7) is 2.39. The summed E-state index contributed by atoms with van der Waals surface area (Å²) in [6.07, 6.45) is 1.64. The predicted molar refractivity (Wildman–Crippen MR) is 79.4 cm³/mol. The van der Waals surface area contributed by atoms with Gasteiger partial charge in [-0.15, -0.1) is 0 Å². The van der Waals surface area contributed by atoms with Crippen LogP contribution in [0.4, 0.5) is 0 Å². The zero-order valence-corrected chi connectivity index (χ0v) is 13.0. The molecule has 0 spiro atoms. The third kappa shape index (κ3) is 4.04. The van der Waals surface area contributed by atoms with Crippen LogP contribution in [0.2, 0.25) is 0 Å². The van der Waals surface area contributed by atoms with Crippen molar-refractivity contribution in [1.29, 1.82) is 0 Å². The number of quaternary nitrogens is 1. The molecule has 1 aromatic carbocycles. The Bertz CT molecular complexity index is 523. The molecular weight excluding hydrogens is 268 g/mol. The lowest BCUT2D eigenvalue weighted by Gasteiger charge is -2.33. The van der Waals surface area contributed by atoms with Gasteiger partial charge in [-0.05, 0) is 18.6 Å². The van der Waals surface area contributed by atoms with Crippen molar-refractivity contribution < 1.29 is 18.8 Å². The number of hydrogen-bond donors (Lipinski definition) is 0. The molecule has 1 aliphatic rings. The highest BCUT2D eigenvalue weighted by Crippen LogP contribution is 2.16. The van der Waals surface area contributed by atoms with Crippen molar-refractivity contribution in [3.63, 3.8) is 0 Å². The molecule has 0 radical (unpaired) electrons. The molecule has 0 unspecified atom stereocenters. The van der Waals surface area contributed by atoms with E-state index in [9.17, 15) is 9.59 Å². The number of likely N-dealkylation sites (tertiary alicyclic amines) is 1. The van der Waals surface area contributed by atoms with Crippen LogP contribution < -0.4 is 0 Å². The molecule has 1 saturated heterocycles. The number of ether oxygens (including phenoxy) is 1. The van der Waals surface area contributed by atoms with E-state index in [1.807, 2.05) is 17.0 Å². The summed E-state index contributed by atoms with van der Waals surface area (Å²) < 4.78 is 5.40. The summed E-state index contributed by atoms with van der Waals surface area (Å²) in [5.74, 6) is -0.0693. The summed E-state index contributed by atoms with van der Waals surface area (Å²) in [5, 5.41) is 0. The quantitative estimate of drug-likeness (QED) is 0.612. The fourth-order valence-electron chi connectivity index (χ4n) is 2.72. The van der Waals surface area contributed by atoms with Gasteiger partial charge in [0.1, 0.15) is 6.54 Å². The molecule has 0 saturated carbocycles. The topological polar surface area (TPSA) is 46.6 Å². The zero-order chi connectivity index (χ0) is 15.5. The molecule has 1 fully saturated rings. The maximum Gasteiger partial charge on any atom is 0.337 e. The van der Waals surface area contributed by atoms with Gasteiger partial charge in [-0.3, -0.25) is 9.69 Å². The normalized spacial score (nSPS) is 15.4. The zero-order valence-electron chi connectivity index (χ0n) is 13.0. The van der Waals surface area contributed by atoms with E-state index in [0.29, 0.717) is 16.5 Å². The van der Waals surface area contributed by atoms with Crippen molar-refractivity contribution in [2.24, 2.45) is 0 Å². The average Bonchev–Trinajstić information content (AvgIpc) is 2.83. The Morgan fingerprint density at radius 3 is 2.48 bits per heavy atom. The monoisotopic (exact) mass is 291 g/mol. The molecule has 1 aromatic rings. The number of nitrogens with zero attached hydrogens (tertiary/aromatic N) is 2. The minimum atomic E-state index is -0.321. The number of methoxy groups -OCH3 is 1. The third-order valence-corrected chi connectivity index (χ3v) is 3.71. The van der Waals surface area contributed by atoms with Crippen LogP contribution in [-0.2, 0) is 16.1 Å². The first-order valence-corrected chi connectivity index (χ1v) is 7.18. The van der Waals surface area contributed by atoms with Crippen LogP contribution in [0, 0.1) is 0 Å². The van der Waals surface area contributed by atoms with Gasteiger partial charge in [-0.25, -0.2) is 4.79 Å². The highest BCUT2D eigenvalue weighted by molar-refractivity contribution is 5.89. The first-order valence-electron chi connectivity index (χ1n) is 7.18. The first kappa shape index (κ1) is 15.5. The van der Waals surface area contributed by atoms with Gasteiger partial charge in [0.15, 0.2) is 6.67 Å². The molecule has 5 heteroatoms. The largest absolute Gasteiger partial charge is 0.465 e. The number of benzene rings is 1. The Morgan fingerprint density at radius 1 is 1.29 bits per heavy atom. The Balaban J connectivity index is 1.99. The van der Waals surface area contributed by atoms with Crippen LogP contribution in [0.15, 0.2) is 24.3 Å². The maximum atomic E-state index is 11.7. The molecule has 0 atom stereocenters. The Kier molecular flexibility index (Phi) is 4.63. The molecule has 0 N–H and O–H groups in total. The lowest BCUT2D eigenvalue weighted by atomic mass is 10.1. The van der Waals surface area contributed by atoms with Gasteiger partial charge in [0.25, 0.3) is 0 Å². The van der Waals surface area contributed by atoms with Gasteiger partial charge in [0.05, 0.1) is 26.8 Å². The minimum Gasteiger partial charge on any atom is -0.465 e. The molecular formula is C16H23N2O3+. The number of hydrogen-bond acceptors (Lipinski definition) is 3. The van der Waals surface area contributed by atoms with Crippen molar-refractivity contribution in [2.75, 3.05) is 34.4 Å². The van der Waals surface area contributed by atoms with E-state index in [1.54, 1.807) is 12.1 Å². The summed E-state index contributed by atoms with van der Waals surface area (Å²) in [4.78, 5) is 25.1. The molecule has 0 aliphatic carbocycles. The van der Waals surface area contributed by atoms with Crippen molar-refractivity contribution in [3.05, 3.63) is 35.4 Å². The number of carbonyl (C=O) groups excluding carboxylic acids is 2. The molecule has 21 heavy (non-hydrogen) atoms. The van der Waals surface area contributed by atoms with E-state index in [4.69, 9.17) is 4.74 Å². The molecule has 1 amide bonds. The molecule has 0 aromatic heterocycles. The van der Waals surface area contributed by atoms with E-state index in [0.717, 1.165) is 31.7 Å². The van der Waals surface area contributed by atoms with Crippen LogP contribution in [0.3, 0.4) is 0 Å². The Labute approximate surface area is 125 Å². The Hall–Kier alpha value is -1.88. The lowest BCUT2D eigenvalue weighted by molar-refractivity contribution is -0.911. The second kappa shape index (κ2) is 6.26. The van der Waals surface area contributed by atoms with Gasteiger partial charge in [0, 0.05) is 18.5 Å². The highest BCUT2D eigenvalue weighted by Gasteiger charge is 2.27.